The Morgan fingerprint density at radius 3 is 1.34 bits per heavy atom. The van der Waals surface area contributed by atoms with E-state index in [9.17, 15) is 9.59 Å². The Morgan fingerprint density at radius 1 is 0.625 bits per heavy atom. The molecule has 0 spiro atoms. The summed E-state index contributed by atoms with van der Waals surface area (Å²) in [4.78, 5) is 23.7. The first-order chi connectivity index (χ1) is 15.6. The van der Waals surface area contributed by atoms with Crippen LogP contribution in [0.3, 0.4) is 0 Å². The van der Waals surface area contributed by atoms with Gasteiger partial charge < -0.3 is 9.47 Å². The number of ether oxygens (including phenoxy) is 2. The first-order valence-electron chi connectivity index (χ1n) is 10.9. The number of rotatable bonds is 11. The molecule has 0 amide bonds. The summed E-state index contributed by atoms with van der Waals surface area (Å²) in [5.74, 6) is 0.123. The monoisotopic (exact) mass is 430 g/mol. The Kier molecular flexibility index (Phi) is 11.0. The van der Waals surface area contributed by atoms with Crippen LogP contribution >= 0.6 is 0 Å². The van der Waals surface area contributed by atoms with Crippen LogP contribution in [-0.2, 0) is 9.59 Å². The van der Waals surface area contributed by atoms with Crippen molar-refractivity contribution >= 4 is 11.9 Å². The Hall–Kier alpha value is -3.66. The summed E-state index contributed by atoms with van der Waals surface area (Å²) in [7, 11) is 0. The van der Waals surface area contributed by atoms with Crippen LogP contribution < -0.4 is 9.47 Å². The van der Waals surface area contributed by atoms with Gasteiger partial charge in [-0.15, -0.1) is 0 Å². The molecule has 32 heavy (non-hydrogen) atoms. The zero-order valence-electron chi connectivity index (χ0n) is 18.7. The van der Waals surface area contributed by atoms with Crippen LogP contribution in [0.15, 0.2) is 97.1 Å². The van der Waals surface area contributed by atoms with Crippen LogP contribution in [0.2, 0.25) is 0 Å². The maximum Gasteiger partial charge on any atom is 0.336 e. The molecule has 4 heteroatoms. The Bertz CT molecular complexity index is 880. The minimum absolute atomic E-state index is 0.417. The molecule has 2 aromatic rings. The molecule has 0 radical (unpaired) electrons. The number of carbonyl (C=O) groups is 2. The predicted octanol–water partition coefficient (Wildman–Crippen LogP) is 6.99. The van der Waals surface area contributed by atoms with Gasteiger partial charge in [-0.25, -0.2) is 9.59 Å². The average Bonchev–Trinajstić information content (AvgIpc) is 2.80. The lowest BCUT2D eigenvalue weighted by Gasteiger charge is -2.06. The molecule has 0 atom stereocenters. The van der Waals surface area contributed by atoms with E-state index >= 15 is 0 Å². The van der Waals surface area contributed by atoms with Gasteiger partial charge >= 0.3 is 11.9 Å². The van der Waals surface area contributed by atoms with Crippen molar-refractivity contribution < 1.29 is 19.1 Å². The molecule has 4 nitrogen and oxygen atoms in total. The Morgan fingerprint density at radius 2 is 1.00 bits per heavy atom. The number of hydrogen-bond donors (Lipinski definition) is 0. The molecule has 0 N–H and O–H groups in total. The minimum atomic E-state index is -0.417. The lowest BCUT2D eigenvalue weighted by atomic mass is 10.1. The van der Waals surface area contributed by atoms with Crippen LogP contribution in [0, 0.1) is 0 Å². The van der Waals surface area contributed by atoms with Crippen molar-refractivity contribution in [2.75, 3.05) is 0 Å². The number of carbonyl (C=O) groups excluding carboxylic acids is 2. The third-order valence-corrected chi connectivity index (χ3v) is 4.35. The van der Waals surface area contributed by atoms with Crippen molar-refractivity contribution in [3.63, 3.8) is 0 Å². The summed E-state index contributed by atoms with van der Waals surface area (Å²) in [5.41, 5.74) is 1.92. The van der Waals surface area contributed by atoms with Gasteiger partial charge in [0.2, 0.25) is 0 Å². The van der Waals surface area contributed by atoms with Gasteiger partial charge in [0, 0.05) is 12.2 Å². The van der Waals surface area contributed by atoms with Gasteiger partial charge in [-0.3, -0.25) is 0 Å². The Labute approximate surface area is 190 Å². The number of unbranched alkanes of at least 4 members (excludes halogenated alkanes) is 2. The zero-order valence-corrected chi connectivity index (χ0v) is 18.7. The van der Waals surface area contributed by atoms with Crippen molar-refractivity contribution in [1.82, 2.24) is 0 Å². The highest BCUT2D eigenvalue weighted by atomic mass is 16.5. The highest BCUT2D eigenvalue weighted by Gasteiger charge is 2.04. The van der Waals surface area contributed by atoms with E-state index in [1.54, 1.807) is 36.4 Å². The fourth-order valence-corrected chi connectivity index (χ4v) is 2.68. The maximum atomic E-state index is 11.8. The second-order valence-electron chi connectivity index (χ2n) is 7.04. The first kappa shape index (κ1) is 24.6. The van der Waals surface area contributed by atoms with E-state index in [1.807, 2.05) is 48.6 Å². The second-order valence-corrected chi connectivity index (χ2v) is 7.04. The normalized spacial score (nSPS) is 11.7. The summed E-state index contributed by atoms with van der Waals surface area (Å²) < 4.78 is 10.6. The first-order valence-corrected chi connectivity index (χ1v) is 10.9. The van der Waals surface area contributed by atoms with Crippen molar-refractivity contribution in [3.8, 4) is 22.6 Å². The fraction of sp³-hybridized carbons (Fsp3) is 0.214. The predicted molar refractivity (Wildman–Crippen MR) is 130 cm³/mol. The maximum absolute atomic E-state index is 11.8. The lowest BCUT2D eigenvalue weighted by Crippen LogP contribution is -2.03. The zero-order chi connectivity index (χ0) is 23.0. The summed E-state index contributed by atoms with van der Waals surface area (Å²) in [6.45, 7) is 4.20. The van der Waals surface area contributed by atoms with E-state index < -0.39 is 11.9 Å². The molecule has 0 saturated carbocycles. The summed E-state index contributed by atoms with van der Waals surface area (Å²) >= 11 is 0. The molecule has 166 valence electrons. The summed E-state index contributed by atoms with van der Waals surface area (Å²) in [5, 5.41) is 0. The van der Waals surface area contributed by atoms with Crippen LogP contribution in [-0.4, -0.2) is 11.9 Å². The smallest absolute Gasteiger partial charge is 0.336 e. The van der Waals surface area contributed by atoms with E-state index in [2.05, 4.69) is 13.8 Å². The van der Waals surface area contributed by atoms with Gasteiger partial charge in [0.15, 0.2) is 0 Å². The molecule has 0 aliphatic heterocycles. The molecule has 0 aliphatic rings. The number of benzene rings is 2. The molecule has 0 bridgehead atoms. The molecule has 2 rings (SSSR count). The number of allylic oxidation sites excluding steroid dienone is 6. The van der Waals surface area contributed by atoms with Crippen molar-refractivity contribution in [1.29, 1.82) is 0 Å². The van der Waals surface area contributed by atoms with Gasteiger partial charge in [0.05, 0.1) is 0 Å². The molecule has 0 fully saturated rings. The van der Waals surface area contributed by atoms with E-state index in [-0.39, 0.29) is 0 Å². The fourth-order valence-electron chi connectivity index (χ4n) is 2.68. The van der Waals surface area contributed by atoms with Gasteiger partial charge in [-0.2, -0.15) is 0 Å². The molecule has 0 aromatic heterocycles. The summed E-state index contributed by atoms with van der Waals surface area (Å²) in [6, 6.07) is 14.5. The van der Waals surface area contributed by atoms with E-state index in [1.165, 1.54) is 12.2 Å². The van der Waals surface area contributed by atoms with Crippen LogP contribution in [0.4, 0.5) is 0 Å². The third kappa shape index (κ3) is 9.43. The molecule has 2 aromatic carbocycles. The molecular weight excluding hydrogens is 400 g/mol. The number of esters is 2. The third-order valence-electron chi connectivity index (χ3n) is 4.35. The van der Waals surface area contributed by atoms with Gasteiger partial charge in [0.1, 0.15) is 11.5 Å². The molecule has 0 heterocycles. The van der Waals surface area contributed by atoms with Gasteiger partial charge in [-0.05, 0) is 48.2 Å². The average molecular weight is 431 g/mol. The standard InChI is InChI=1S/C28H30O4/c1-3-5-7-9-11-13-27(29)31-25-19-15-23(16-20-25)24-17-21-26(22-18-24)32-28(30)14-12-10-8-6-4-2/h7-22H,3-6H2,1-2H3/b9-7+,10-8+,13-11+,14-12+. The van der Waals surface area contributed by atoms with E-state index in [4.69, 9.17) is 9.47 Å². The van der Waals surface area contributed by atoms with Gasteiger partial charge in [-0.1, -0.05) is 87.4 Å². The minimum Gasteiger partial charge on any atom is -0.423 e. The molecule has 0 unspecified atom stereocenters. The van der Waals surface area contributed by atoms with E-state index in [0.29, 0.717) is 11.5 Å². The van der Waals surface area contributed by atoms with Crippen LogP contribution in [0.1, 0.15) is 39.5 Å². The van der Waals surface area contributed by atoms with Crippen molar-refractivity contribution in [2.24, 2.45) is 0 Å². The largest absolute Gasteiger partial charge is 0.423 e. The molecule has 0 aliphatic carbocycles. The highest BCUT2D eigenvalue weighted by Crippen LogP contribution is 2.25. The number of hydrogen-bond acceptors (Lipinski definition) is 4. The van der Waals surface area contributed by atoms with E-state index in [0.717, 1.165) is 36.8 Å². The summed E-state index contributed by atoms with van der Waals surface area (Å²) in [6.07, 6.45) is 18.0. The van der Waals surface area contributed by atoms with Crippen molar-refractivity contribution in [3.05, 3.63) is 97.1 Å². The second kappa shape index (κ2) is 14.4. The molecule has 0 saturated heterocycles. The quantitative estimate of drug-likeness (QED) is 0.167. The topological polar surface area (TPSA) is 52.6 Å². The van der Waals surface area contributed by atoms with Crippen molar-refractivity contribution in [2.45, 2.75) is 39.5 Å². The highest BCUT2D eigenvalue weighted by molar-refractivity contribution is 5.85. The Balaban J connectivity index is 1.89. The molecular formula is C28H30O4. The van der Waals surface area contributed by atoms with Crippen LogP contribution in [0.25, 0.3) is 11.1 Å². The SMILES string of the molecule is CCC/C=C/C=C/C(=O)Oc1ccc(-c2ccc(OC(=O)/C=C/C=C/CCC)cc2)cc1. The van der Waals surface area contributed by atoms with Gasteiger partial charge in [0.25, 0.3) is 0 Å². The lowest BCUT2D eigenvalue weighted by molar-refractivity contribution is -0.129. The van der Waals surface area contributed by atoms with Crippen LogP contribution in [0.5, 0.6) is 11.5 Å².